The standard InChI is InChI=1S/C15H9Cl6N3O8/c1-30-24-8(9(25)32-13(29)23-11(27)15(19,20)21)6-3-2-4-7(5-6)31-12(28)22-10(26)14(16,17)18/h2-5H,1H3,(H,22,26,28)(H,23,27,29). The zero-order valence-corrected chi connectivity index (χ0v) is 19.8. The zero-order chi connectivity index (χ0) is 24.7. The molecular weight excluding hydrogens is 563 g/mol. The minimum absolute atomic E-state index is 0.0737. The number of nitrogens with zero attached hydrogens (tertiary/aromatic N) is 1. The molecule has 0 fully saturated rings. The number of esters is 1. The van der Waals surface area contributed by atoms with Gasteiger partial charge in [0.2, 0.25) is 0 Å². The Kier molecular flexibility index (Phi) is 10.3. The van der Waals surface area contributed by atoms with Gasteiger partial charge in [-0.15, -0.1) is 0 Å². The molecule has 0 saturated carbocycles. The number of rotatable bonds is 4. The Hall–Kier alpha value is -2.02. The quantitative estimate of drug-likeness (QED) is 0.184. The van der Waals surface area contributed by atoms with Crippen molar-refractivity contribution in [1.29, 1.82) is 0 Å². The third-order valence-electron chi connectivity index (χ3n) is 2.83. The first-order valence-corrected chi connectivity index (χ1v) is 9.87. The summed E-state index contributed by atoms with van der Waals surface area (Å²) in [6, 6.07) is 4.94. The van der Waals surface area contributed by atoms with Gasteiger partial charge in [0.1, 0.15) is 12.9 Å². The van der Waals surface area contributed by atoms with Gasteiger partial charge in [-0.2, -0.15) is 0 Å². The third kappa shape index (κ3) is 9.23. The Labute approximate surface area is 209 Å². The molecule has 4 amide bonds. The number of imide groups is 2. The molecule has 0 radical (unpaired) electrons. The Morgan fingerprint density at radius 1 is 0.875 bits per heavy atom. The van der Waals surface area contributed by atoms with Crippen LogP contribution in [0, 0.1) is 0 Å². The number of alkyl halides is 6. The van der Waals surface area contributed by atoms with E-state index >= 15 is 0 Å². The summed E-state index contributed by atoms with van der Waals surface area (Å²) in [5.74, 6) is -4.25. The van der Waals surface area contributed by atoms with E-state index in [9.17, 15) is 24.0 Å². The first-order chi connectivity index (χ1) is 14.6. The van der Waals surface area contributed by atoms with E-state index in [0.29, 0.717) is 0 Å². The van der Waals surface area contributed by atoms with Crippen molar-refractivity contribution in [3.63, 3.8) is 0 Å². The van der Waals surface area contributed by atoms with Crippen molar-refractivity contribution in [2.45, 2.75) is 7.59 Å². The van der Waals surface area contributed by atoms with Crippen LogP contribution in [0.4, 0.5) is 9.59 Å². The molecule has 0 unspecified atom stereocenters. The molecule has 1 rings (SSSR count). The highest BCUT2D eigenvalue weighted by Gasteiger charge is 2.34. The maximum absolute atomic E-state index is 12.3. The van der Waals surface area contributed by atoms with E-state index in [1.165, 1.54) is 23.5 Å². The Balaban J connectivity index is 2.96. The molecule has 1 aromatic rings. The van der Waals surface area contributed by atoms with Gasteiger partial charge in [0.15, 0.2) is 5.71 Å². The van der Waals surface area contributed by atoms with Gasteiger partial charge in [0, 0.05) is 5.56 Å². The third-order valence-corrected chi connectivity index (χ3v) is 3.86. The Morgan fingerprint density at radius 2 is 1.41 bits per heavy atom. The summed E-state index contributed by atoms with van der Waals surface area (Å²) in [6.45, 7) is 0. The number of halogens is 6. The molecule has 0 heterocycles. The van der Waals surface area contributed by atoms with E-state index in [-0.39, 0.29) is 11.3 Å². The van der Waals surface area contributed by atoms with Crippen molar-refractivity contribution in [2.75, 3.05) is 7.11 Å². The Bertz CT molecular complexity index is 957. The van der Waals surface area contributed by atoms with E-state index < -0.39 is 43.3 Å². The average molecular weight is 572 g/mol. The van der Waals surface area contributed by atoms with Crippen LogP contribution < -0.4 is 15.4 Å². The monoisotopic (exact) mass is 569 g/mol. The normalized spacial score (nSPS) is 11.8. The SMILES string of the molecule is CON=C(C(=O)OC(=O)NC(=O)C(Cl)(Cl)Cl)c1cccc(OC(=O)NC(=O)C(Cl)(Cl)Cl)c1. The molecule has 1 aromatic carbocycles. The van der Waals surface area contributed by atoms with Crippen LogP contribution in [0.25, 0.3) is 0 Å². The van der Waals surface area contributed by atoms with Crippen molar-refractivity contribution in [3.05, 3.63) is 29.8 Å². The highest BCUT2D eigenvalue weighted by atomic mass is 35.6. The smallest absolute Gasteiger partial charge is 0.410 e. The molecule has 0 aliphatic carbocycles. The van der Waals surface area contributed by atoms with Gasteiger partial charge in [0.05, 0.1) is 0 Å². The average Bonchev–Trinajstić information content (AvgIpc) is 2.64. The lowest BCUT2D eigenvalue weighted by Crippen LogP contribution is -2.41. The lowest BCUT2D eigenvalue weighted by atomic mass is 10.1. The molecule has 0 saturated heterocycles. The predicted molar refractivity (Wildman–Crippen MR) is 114 cm³/mol. The largest absolute Gasteiger partial charge is 0.422 e. The number of ether oxygens (including phenoxy) is 2. The van der Waals surface area contributed by atoms with Gasteiger partial charge in [-0.25, -0.2) is 14.4 Å². The fraction of sp³-hybridized carbons (Fsp3) is 0.200. The van der Waals surface area contributed by atoms with Crippen LogP contribution >= 0.6 is 69.6 Å². The second kappa shape index (κ2) is 11.7. The summed E-state index contributed by atoms with van der Waals surface area (Å²) in [5.41, 5.74) is -0.664. The van der Waals surface area contributed by atoms with Crippen LogP contribution in [0.3, 0.4) is 0 Å². The summed E-state index contributed by atoms with van der Waals surface area (Å²) in [6.07, 6.45) is -2.89. The first kappa shape index (κ1) is 28.0. The number of alkyl carbamates (subject to hydrolysis) is 1. The molecule has 0 bridgehead atoms. The number of carbonyl (C=O) groups excluding carboxylic acids is 5. The van der Waals surface area contributed by atoms with Crippen molar-refractivity contribution in [3.8, 4) is 5.75 Å². The summed E-state index contributed by atoms with van der Waals surface area (Å²) in [7, 11) is 1.08. The number of nitrogens with one attached hydrogen (secondary N) is 2. The molecule has 11 nitrogen and oxygen atoms in total. The number of amides is 4. The molecule has 0 aliphatic rings. The van der Waals surface area contributed by atoms with Gasteiger partial charge >= 0.3 is 18.2 Å². The van der Waals surface area contributed by atoms with E-state index in [1.807, 2.05) is 0 Å². The van der Waals surface area contributed by atoms with Crippen LogP contribution in [0.2, 0.25) is 0 Å². The number of hydrogen-bond donors (Lipinski definition) is 2. The minimum atomic E-state index is -2.49. The van der Waals surface area contributed by atoms with Gasteiger partial charge < -0.3 is 14.3 Å². The van der Waals surface area contributed by atoms with Crippen molar-refractivity contribution in [2.24, 2.45) is 5.16 Å². The summed E-state index contributed by atoms with van der Waals surface area (Å²) < 4.78 is 4.32. The fourth-order valence-corrected chi connectivity index (χ4v) is 1.91. The number of carbonyl (C=O) groups is 5. The van der Waals surface area contributed by atoms with Crippen molar-refractivity contribution < 1.29 is 38.3 Å². The zero-order valence-electron chi connectivity index (χ0n) is 15.3. The number of hydrogen-bond acceptors (Lipinski definition) is 9. The lowest BCUT2D eigenvalue weighted by Gasteiger charge is -2.12. The van der Waals surface area contributed by atoms with E-state index in [4.69, 9.17) is 74.3 Å². The van der Waals surface area contributed by atoms with Crippen LogP contribution in [0.5, 0.6) is 5.75 Å². The molecule has 0 atom stereocenters. The molecule has 0 aliphatic heterocycles. The minimum Gasteiger partial charge on any atom is -0.410 e. The number of benzene rings is 1. The molecule has 0 aromatic heterocycles. The molecule has 17 heteroatoms. The molecule has 0 spiro atoms. The van der Waals surface area contributed by atoms with Gasteiger partial charge in [0.25, 0.3) is 19.4 Å². The van der Waals surface area contributed by atoms with Crippen molar-refractivity contribution in [1.82, 2.24) is 10.6 Å². The molecule has 2 N–H and O–H groups in total. The van der Waals surface area contributed by atoms with E-state index in [0.717, 1.165) is 13.2 Å². The maximum Gasteiger partial charge on any atom is 0.422 e. The van der Waals surface area contributed by atoms with Gasteiger partial charge in [-0.1, -0.05) is 86.9 Å². The highest BCUT2D eigenvalue weighted by molar-refractivity contribution is 6.77. The van der Waals surface area contributed by atoms with Crippen molar-refractivity contribution >= 4 is 105 Å². The summed E-state index contributed by atoms with van der Waals surface area (Å²) in [4.78, 5) is 63.1. The van der Waals surface area contributed by atoms with Crippen LogP contribution in [0.15, 0.2) is 29.4 Å². The van der Waals surface area contributed by atoms with Gasteiger partial charge in [-0.05, 0) is 12.1 Å². The first-order valence-electron chi connectivity index (χ1n) is 7.61. The van der Waals surface area contributed by atoms with Gasteiger partial charge in [-0.3, -0.25) is 20.2 Å². The molecule has 32 heavy (non-hydrogen) atoms. The maximum atomic E-state index is 12.3. The van der Waals surface area contributed by atoms with Crippen LogP contribution in [0.1, 0.15) is 5.56 Å². The predicted octanol–water partition coefficient (Wildman–Crippen LogP) is 3.17. The fourth-order valence-electron chi connectivity index (χ4n) is 1.62. The lowest BCUT2D eigenvalue weighted by molar-refractivity contribution is -0.130. The Morgan fingerprint density at radius 3 is 1.91 bits per heavy atom. The molecular formula is C15H9Cl6N3O8. The van der Waals surface area contributed by atoms with Crippen LogP contribution in [-0.2, 0) is 24.0 Å². The summed E-state index contributed by atoms with van der Waals surface area (Å²) >= 11 is 31.8. The second-order valence-electron chi connectivity index (χ2n) is 5.12. The van der Waals surface area contributed by atoms with E-state index in [1.54, 1.807) is 5.32 Å². The van der Waals surface area contributed by atoms with Crippen LogP contribution in [-0.4, -0.2) is 50.4 Å². The summed E-state index contributed by atoms with van der Waals surface area (Å²) in [5, 5.41) is 6.59. The van der Waals surface area contributed by atoms with E-state index in [2.05, 4.69) is 14.7 Å². The topological polar surface area (TPSA) is 149 Å². The highest BCUT2D eigenvalue weighted by Crippen LogP contribution is 2.26. The number of oxime groups is 1. The molecule has 174 valence electrons. The second-order valence-corrected chi connectivity index (χ2v) is 9.68.